The first-order valence-electron chi connectivity index (χ1n) is 15.5. The fourth-order valence-corrected chi connectivity index (χ4v) is 7.09. The molecular formula is C37H36FN3O5S. The summed E-state index contributed by atoms with van der Waals surface area (Å²) in [5.41, 5.74) is 4.99. The summed E-state index contributed by atoms with van der Waals surface area (Å²) < 4.78 is 34.9. The summed E-state index contributed by atoms with van der Waals surface area (Å²) in [7, 11) is 1.56. The third-order valence-corrected chi connectivity index (χ3v) is 9.18. The number of rotatable bonds is 9. The molecule has 6 rings (SSSR count). The first-order valence-corrected chi connectivity index (χ1v) is 16.3. The second-order valence-corrected chi connectivity index (χ2v) is 12.6. The predicted octanol–water partition coefficient (Wildman–Crippen LogP) is 6.04. The Bertz CT molecular complexity index is 2210. The summed E-state index contributed by atoms with van der Waals surface area (Å²) >= 11 is 1.27. The Hall–Kier alpha value is -4.96. The lowest BCUT2D eigenvalue weighted by Crippen LogP contribution is -2.40. The molecule has 0 saturated carbocycles. The van der Waals surface area contributed by atoms with Crippen LogP contribution in [0.4, 0.5) is 4.39 Å². The molecule has 0 aliphatic carbocycles. The molecule has 0 bridgehead atoms. The summed E-state index contributed by atoms with van der Waals surface area (Å²) in [6.07, 6.45) is 1.83. The van der Waals surface area contributed by atoms with Gasteiger partial charge in [-0.05, 0) is 82.2 Å². The topological polar surface area (TPSA) is 84.1 Å². The molecule has 0 fully saturated rings. The minimum Gasteiger partial charge on any atom is -0.493 e. The van der Waals surface area contributed by atoms with E-state index in [4.69, 9.17) is 19.2 Å². The Morgan fingerprint density at radius 2 is 1.81 bits per heavy atom. The van der Waals surface area contributed by atoms with E-state index in [0.29, 0.717) is 38.6 Å². The highest BCUT2D eigenvalue weighted by Crippen LogP contribution is 2.36. The van der Waals surface area contributed by atoms with Gasteiger partial charge in [0.25, 0.3) is 5.56 Å². The van der Waals surface area contributed by atoms with Crippen LogP contribution in [-0.2, 0) is 16.1 Å². The van der Waals surface area contributed by atoms with E-state index < -0.39 is 12.0 Å². The molecule has 47 heavy (non-hydrogen) atoms. The molecule has 5 aromatic rings. The minimum absolute atomic E-state index is 0.0743. The van der Waals surface area contributed by atoms with Crippen molar-refractivity contribution in [2.75, 3.05) is 13.7 Å². The van der Waals surface area contributed by atoms with Crippen LogP contribution in [0.1, 0.15) is 56.1 Å². The lowest BCUT2D eigenvalue weighted by Gasteiger charge is -2.25. The third kappa shape index (κ3) is 6.01. The number of para-hydroxylation sites is 1. The number of aromatic nitrogens is 2. The Morgan fingerprint density at radius 1 is 1.06 bits per heavy atom. The molecule has 3 heterocycles. The molecule has 0 N–H and O–H groups in total. The maximum Gasteiger partial charge on any atom is 0.338 e. The third-order valence-electron chi connectivity index (χ3n) is 8.19. The number of halogens is 1. The molecule has 0 saturated heterocycles. The maximum atomic E-state index is 14.4. The van der Waals surface area contributed by atoms with E-state index in [1.807, 2.05) is 57.2 Å². The number of thiazole rings is 1. The standard InChI is InChI=1S/C37H36FN3O5S/c1-7-45-36(43)33-22(4)39-37-41(34(33)25-14-17-30(46-21(2)3)31(18-25)44-6)35(42)32(47-37)19-28-23(5)40(29-11-9-8-10-27(28)29)20-24-12-15-26(38)16-13-24/h8-19,21,34H,7,20H2,1-6H3/b32-19+/t34-/m1/s1. The van der Waals surface area contributed by atoms with Crippen molar-refractivity contribution >= 4 is 34.3 Å². The van der Waals surface area contributed by atoms with Gasteiger partial charge in [-0.1, -0.05) is 47.7 Å². The minimum atomic E-state index is -0.796. The number of allylic oxidation sites excluding steroid dienone is 1. The molecule has 3 aromatic carbocycles. The summed E-state index contributed by atoms with van der Waals surface area (Å²) in [5.74, 6) is 0.233. The zero-order valence-electron chi connectivity index (χ0n) is 27.2. The molecule has 1 aliphatic heterocycles. The molecule has 1 atom stereocenters. The highest BCUT2D eigenvalue weighted by molar-refractivity contribution is 7.07. The van der Waals surface area contributed by atoms with E-state index in [2.05, 4.69) is 4.57 Å². The first kappa shape index (κ1) is 32.0. The van der Waals surface area contributed by atoms with E-state index in [-0.39, 0.29) is 29.7 Å². The molecular weight excluding hydrogens is 617 g/mol. The van der Waals surface area contributed by atoms with Gasteiger partial charge in [-0.25, -0.2) is 14.2 Å². The zero-order chi connectivity index (χ0) is 33.4. The summed E-state index contributed by atoms with van der Waals surface area (Å²) in [6, 6.07) is 19.1. The van der Waals surface area contributed by atoms with Gasteiger partial charge in [0, 0.05) is 28.7 Å². The van der Waals surface area contributed by atoms with Gasteiger partial charge in [0.2, 0.25) is 0 Å². The van der Waals surface area contributed by atoms with Gasteiger partial charge in [-0.2, -0.15) is 0 Å². The quantitative estimate of drug-likeness (QED) is 0.181. The van der Waals surface area contributed by atoms with Crippen LogP contribution >= 0.6 is 11.3 Å². The number of carbonyl (C=O) groups excluding carboxylic acids is 1. The van der Waals surface area contributed by atoms with Crippen LogP contribution in [0.5, 0.6) is 11.5 Å². The van der Waals surface area contributed by atoms with Crippen LogP contribution in [0.3, 0.4) is 0 Å². The second-order valence-electron chi connectivity index (χ2n) is 11.6. The van der Waals surface area contributed by atoms with Crippen molar-refractivity contribution in [2.45, 2.75) is 53.3 Å². The monoisotopic (exact) mass is 653 g/mol. The van der Waals surface area contributed by atoms with Gasteiger partial charge in [-0.15, -0.1) is 0 Å². The van der Waals surface area contributed by atoms with Gasteiger partial charge in [-0.3, -0.25) is 9.36 Å². The Labute approximate surface area is 275 Å². The van der Waals surface area contributed by atoms with Crippen molar-refractivity contribution in [3.05, 3.63) is 126 Å². The average Bonchev–Trinajstić information content (AvgIpc) is 3.49. The summed E-state index contributed by atoms with van der Waals surface area (Å²) in [6.45, 7) is 10.1. The number of hydrogen-bond donors (Lipinski definition) is 0. The van der Waals surface area contributed by atoms with Crippen LogP contribution < -0.4 is 24.4 Å². The SMILES string of the molecule is CCOC(=O)C1=C(C)N=c2s/c(=C/c3c(C)n(Cc4ccc(F)cc4)c4ccccc34)c(=O)n2[C@@H]1c1ccc(OC(C)C)c(OC)c1. The maximum absolute atomic E-state index is 14.4. The fraction of sp³-hybridized carbons (Fsp3) is 0.270. The summed E-state index contributed by atoms with van der Waals surface area (Å²) in [5, 5.41) is 0.989. The molecule has 8 nitrogen and oxygen atoms in total. The Morgan fingerprint density at radius 3 is 2.51 bits per heavy atom. The van der Waals surface area contributed by atoms with Gasteiger partial charge >= 0.3 is 5.97 Å². The van der Waals surface area contributed by atoms with Crippen LogP contribution in [0.15, 0.2) is 87.8 Å². The van der Waals surface area contributed by atoms with Gasteiger partial charge < -0.3 is 18.8 Å². The second kappa shape index (κ2) is 13.0. The number of fused-ring (bicyclic) bond motifs is 2. The molecule has 0 radical (unpaired) electrons. The van der Waals surface area contributed by atoms with Crippen molar-refractivity contribution in [3.8, 4) is 11.5 Å². The van der Waals surface area contributed by atoms with Crippen molar-refractivity contribution in [3.63, 3.8) is 0 Å². The van der Waals surface area contributed by atoms with Crippen molar-refractivity contribution in [2.24, 2.45) is 4.99 Å². The van der Waals surface area contributed by atoms with E-state index >= 15 is 0 Å². The molecule has 10 heteroatoms. The number of ether oxygens (including phenoxy) is 3. The fourth-order valence-electron chi connectivity index (χ4n) is 6.06. The van der Waals surface area contributed by atoms with E-state index in [1.165, 1.54) is 23.5 Å². The molecule has 0 unspecified atom stereocenters. The van der Waals surface area contributed by atoms with E-state index in [9.17, 15) is 14.0 Å². The lowest BCUT2D eigenvalue weighted by molar-refractivity contribution is -0.139. The Kier molecular flexibility index (Phi) is 8.88. The van der Waals surface area contributed by atoms with Gasteiger partial charge in [0.15, 0.2) is 16.3 Å². The number of methoxy groups -OCH3 is 1. The highest BCUT2D eigenvalue weighted by atomic mass is 32.1. The average molecular weight is 654 g/mol. The molecule has 242 valence electrons. The van der Waals surface area contributed by atoms with Crippen molar-refractivity contribution in [1.82, 2.24) is 9.13 Å². The van der Waals surface area contributed by atoms with Crippen LogP contribution in [-0.4, -0.2) is 34.9 Å². The number of benzene rings is 3. The van der Waals surface area contributed by atoms with Gasteiger partial charge in [0.05, 0.1) is 41.7 Å². The smallest absolute Gasteiger partial charge is 0.338 e. The number of nitrogens with zero attached hydrogens (tertiary/aromatic N) is 3. The predicted molar refractivity (Wildman–Crippen MR) is 181 cm³/mol. The largest absolute Gasteiger partial charge is 0.493 e. The Balaban J connectivity index is 1.53. The molecule has 0 spiro atoms. The molecule has 2 aromatic heterocycles. The van der Waals surface area contributed by atoms with Crippen molar-refractivity contribution in [1.29, 1.82) is 0 Å². The molecule has 0 amide bonds. The van der Waals surface area contributed by atoms with E-state index in [1.54, 1.807) is 49.8 Å². The zero-order valence-corrected chi connectivity index (χ0v) is 28.0. The van der Waals surface area contributed by atoms with Crippen LogP contribution in [0, 0.1) is 12.7 Å². The van der Waals surface area contributed by atoms with Crippen LogP contribution in [0.25, 0.3) is 17.0 Å². The number of hydrogen-bond acceptors (Lipinski definition) is 7. The van der Waals surface area contributed by atoms with Crippen molar-refractivity contribution < 1.29 is 23.4 Å². The normalized spacial score (nSPS) is 14.8. The van der Waals surface area contributed by atoms with E-state index in [0.717, 1.165) is 27.7 Å². The van der Waals surface area contributed by atoms with Crippen LogP contribution in [0.2, 0.25) is 0 Å². The highest BCUT2D eigenvalue weighted by Gasteiger charge is 2.34. The number of esters is 1. The first-order chi connectivity index (χ1) is 22.6. The molecule has 1 aliphatic rings. The van der Waals surface area contributed by atoms with Gasteiger partial charge in [0.1, 0.15) is 5.82 Å². The number of carbonyl (C=O) groups is 1. The summed E-state index contributed by atoms with van der Waals surface area (Å²) in [4.78, 5) is 33.0. The lowest BCUT2D eigenvalue weighted by atomic mass is 9.95.